The smallest absolute Gasteiger partial charge is 0.123 e. The molecule has 0 radical (unpaired) electrons. The van der Waals surface area contributed by atoms with Crippen molar-refractivity contribution in [2.24, 2.45) is 4.74 Å². The van der Waals surface area contributed by atoms with Gasteiger partial charge in [-0.3, -0.25) is 4.67 Å². The minimum absolute atomic E-state index is 0.185. The van der Waals surface area contributed by atoms with Crippen molar-refractivity contribution in [3.8, 4) is 0 Å². The van der Waals surface area contributed by atoms with Gasteiger partial charge in [0.25, 0.3) is 0 Å². The molecule has 0 N–H and O–H groups in total. The number of para-hydroxylation sites is 2. The average molecular weight is 551 g/mol. The minimum atomic E-state index is -2.47. The van der Waals surface area contributed by atoms with Gasteiger partial charge in [0.15, 0.2) is 0 Å². The summed E-state index contributed by atoms with van der Waals surface area (Å²) < 4.78 is 22.2. The lowest BCUT2D eigenvalue weighted by atomic mass is 9.84. The maximum Gasteiger partial charge on any atom is 0.123 e. The van der Waals surface area contributed by atoms with E-state index in [1.807, 2.05) is 12.1 Å². The van der Waals surface area contributed by atoms with Gasteiger partial charge in [0, 0.05) is 61.0 Å². The van der Waals surface area contributed by atoms with Crippen LogP contribution in [0, 0.1) is 5.82 Å². The Hall–Kier alpha value is -3.66. The Morgan fingerprint density at radius 3 is 2.00 bits per heavy atom. The Bertz CT molecular complexity index is 1560. The molecule has 6 heteroatoms. The Balaban J connectivity index is 1.53. The maximum absolute atomic E-state index is 14.0. The molecule has 1 saturated heterocycles. The Kier molecular flexibility index (Phi) is 7.12. The molecule has 4 aromatic carbocycles. The molecule has 0 saturated carbocycles. The van der Waals surface area contributed by atoms with Gasteiger partial charge in [-0.05, 0) is 53.8 Å². The number of allylic oxidation sites excluding steroid dienone is 1. The number of benzene rings is 4. The summed E-state index contributed by atoms with van der Waals surface area (Å²) in [5.41, 5.74) is 5.69. The summed E-state index contributed by atoms with van der Waals surface area (Å²) in [5.74, 6) is 2.23. The van der Waals surface area contributed by atoms with E-state index >= 15 is 0 Å². The summed E-state index contributed by atoms with van der Waals surface area (Å²) in [4.78, 5) is 4.80. The molecule has 40 heavy (non-hydrogen) atoms. The lowest BCUT2D eigenvalue weighted by molar-refractivity contribution is 0.417. The number of likely N-dealkylation sites (N-methyl/N-ethyl adjacent to an activating group) is 1. The zero-order valence-electron chi connectivity index (χ0n) is 23.4. The highest BCUT2D eigenvalue weighted by Gasteiger charge is 2.41. The van der Waals surface area contributed by atoms with Gasteiger partial charge in [-0.1, -0.05) is 80.6 Å². The number of anilines is 2. The number of halogens is 1. The van der Waals surface area contributed by atoms with Crippen LogP contribution in [0.15, 0.2) is 125 Å². The fraction of sp³-hybridized carbons (Fsp3) is 0.235. The van der Waals surface area contributed by atoms with Crippen LogP contribution in [0.5, 0.6) is 0 Å². The van der Waals surface area contributed by atoms with Crippen LogP contribution in [0.3, 0.4) is 0 Å². The third-order valence-corrected chi connectivity index (χ3v) is 11.7. The van der Waals surface area contributed by atoms with E-state index < -0.39 is 7.21 Å². The maximum atomic E-state index is 14.0. The topological polar surface area (TPSA) is 22.1 Å². The van der Waals surface area contributed by atoms with Crippen molar-refractivity contribution >= 4 is 29.6 Å². The van der Waals surface area contributed by atoms with E-state index in [1.54, 1.807) is 0 Å². The molecule has 2 aliphatic heterocycles. The zero-order valence-corrected chi connectivity index (χ0v) is 24.3. The van der Waals surface area contributed by atoms with Gasteiger partial charge < -0.3 is 9.80 Å². The molecule has 1 unspecified atom stereocenters. The number of hydrogen-bond acceptors (Lipinski definition) is 3. The number of hydrogen-bond donors (Lipinski definition) is 0. The van der Waals surface area contributed by atoms with Gasteiger partial charge in [-0.2, -0.15) is 0 Å². The zero-order chi connectivity index (χ0) is 27.7. The first-order valence-electron chi connectivity index (χ1n) is 13.9. The molecule has 2 aliphatic rings. The molecule has 1 fully saturated rings. The van der Waals surface area contributed by atoms with Crippen molar-refractivity contribution in [1.82, 2.24) is 4.67 Å². The van der Waals surface area contributed by atoms with Crippen LogP contribution in [-0.2, 0) is 5.41 Å². The van der Waals surface area contributed by atoms with Crippen LogP contribution >= 0.6 is 7.21 Å². The number of nitrogens with zero attached hydrogens (tertiary/aromatic N) is 4. The number of rotatable bonds is 5. The van der Waals surface area contributed by atoms with Crippen LogP contribution in [-0.4, -0.2) is 37.9 Å². The van der Waals surface area contributed by atoms with E-state index in [9.17, 15) is 4.39 Å². The molecule has 1 atom stereocenters. The molecule has 6 rings (SSSR count). The van der Waals surface area contributed by atoms with E-state index in [2.05, 4.69) is 126 Å². The molecule has 0 amide bonds. The predicted octanol–water partition coefficient (Wildman–Crippen LogP) is 7.99. The first-order chi connectivity index (χ1) is 19.4. The van der Waals surface area contributed by atoms with Crippen LogP contribution in [0.4, 0.5) is 21.5 Å². The van der Waals surface area contributed by atoms with Crippen LogP contribution in [0.2, 0.25) is 0 Å². The second kappa shape index (κ2) is 10.7. The lowest BCUT2D eigenvalue weighted by Crippen LogP contribution is -2.46. The Morgan fingerprint density at radius 2 is 1.35 bits per heavy atom. The van der Waals surface area contributed by atoms with Crippen LogP contribution < -0.4 is 15.1 Å². The van der Waals surface area contributed by atoms with Crippen molar-refractivity contribution in [3.05, 3.63) is 132 Å². The molecule has 0 aromatic heterocycles. The van der Waals surface area contributed by atoms with Crippen molar-refractivity contribution in [2.45, 2.75) is 19.3 Å². The average Bonchev–Trinajstić information content (AvgIpc) is 3.19. The van der Waals surface area contributed by atoms with Gasteiger partial charge >= 0.3 is 0 Å². The molecule has 0 aliphatic carbocycles. The van der Waals surface area contributed by atoms with Gasteiger partial charge in [0.1, 0.15) is 5.82 Å². The van der Waals surface area contributed by atoms with E-state index in [4.69, 9.17) is 4.74 Å². The Morgan fingerprint density at radius 1 is 0.750 bits per heavy atom. The fourth-order valence-corrected chi connectivity index (χ4v) is 9.76. The highest BCUT2D eigenvalue weighted by molar-refractivity contribution is 7.74. The largest absolute Gasteiger partial charge is 0.369 e. The summed E-state index contributed by atoms with van der Waals surface area (Å²) in [6.07, 6.45) is 0. The third kappa shape index (κ3) is 4.78. The quantitative estimate of drug-likeness (QED) is 0.235. The van der Waals surface area contributed by atoms with Crippen LogP contribution in [0.25, 0.3) is 0 Å². The van der Waals surface area contributed by atoms with E-state index in [0.717, 1.165) is 31.9 Å². The van der Waals surface area contributed by atoms with Crippen LogP contribution in [0.1, 0.15) is 19.4 Å². The van der Waals surface area contributed by atoms with Crippen molar-refractivity contribution < 1.29 is 4.39 Å². The molecule has 4 aromatic rings. The lowest BCUT2D eigenvalue weighted by Gasteiger charge is -2.43. The highest BCUT2D eigenvalue weighted by Crippen LogP contribution is 2.60. The molecule has 2 heterocycles. The van der Waals surface area contributed by atoms with Gasteiger partial charge in [0.2, 0.25) is 0 Å². The summed E-state index contributed by atoms with van der Waals surface area (Å²) in [7, 11) is -0.297. The monoisotopic (exact) mass is 550 g/mol. The first kappa shape index (κ1) is 26.6. The van der Waals surface area contributed by atoms with Crippen molar-refractivity contribution in [2.75, 3.05) is 43.0 Å². The normalized spacial score (nSPS) is 19.4. The highest BCUT2D eigenvalue weighted by atomic mass is 31.2. The molecule has 0 spiro atoms. The fourth-order valence-electron chi connectivity index (χ4n) is 6.10. The predicted molar refractivity (Wildman–Crippen MR) is 168 cm³/mol. The Labute approximate surface area is 237 Å². The molecular formula is C34H36FN4P. The molecular weight excluding hydrogens is 514 g/mol. The van der Waals surface area contributed by atoms with E-state index in [-0.39, 0.29) is 11.2 Å². The second-order valence-corrected chi connectivity index (χ2v) is 13.9. The first-order valence-corrected chi connectivity index (χ1v) is 15.7. The standard InChI is InChI=1S/C34H36FN4P/c1-34(2)31-16-10-11-17-32(31)37(3)33(34)26-40(30-14-8-5-9-15-30,36-28-20-18-27(35)19-21-28)39-24-22-38(23-25-39)29-12-6-4-7-13-29/h4-21,26H,22-25H2,1-3H3/b33-26-. The minimum Gasteiger partial charge on any atom is -0.369 e. The SMILES string of the molecule is CN1/C(=C\P(=Nc2ccc(F)cc2)(c2ccccc2)N2CCN(c3ccccc3)CC2)C(C)(C)c2ccccc21. The van der Waals surface area contributed by atoms with E-state index in [0.29, 0.717) is 0 Å². The molecule has 4 nitrogen and oxygen atoms in total. The summed E-state index contributed by atoms with van der Waals surface area (Å²) >= 11 is 0. The molecule has 0 bridgehead atoms. The van der Waals surface area contributed by atoms with Gasteiger partial charge in [0.05, 0.1) is 12.9 Å². The van der Waals surface area contributed by atoms with Gasteiger partial charge in [-0.15, -0.1) is 0 Å². The third-order valence-electron chi connectivity index (χ3n) is 8.28. The summed E-state index contributed by atoms with van der Waals surface area (Å²) in [5, 5.41) is 1.21. The van der Waals surface area contributed by atoms with Crippen molar-refractivity contribution in [3.63, 3.8) is 0 Å². The molecule has 204 valence electrons. The number of fused-ring (bicyclic) bond motifs is 1. The van der Waals surface area contributed by atoms with Crippen molar-refractivity contribution in [1.29, 1.82) is 0 Å². The van der Waals surface area contributed by atoms with Gasteiger partial charge in [-0.25, -0.2) is 9.14 Å². The second-order valence-electron chi connectivity index (χ2n) is 11.1. The van der Waals surface area contributed by atoms with E-state index in [1.165, 1.54) is 40.1 Å². The summed E-state index contributed by atoms with van der Waals surface area (Å²) in [6.45, 7) is 8.21. The summed E-state index contributed by atoms with van der Waals surface area (Å²) in [6, 6.07) is 36.7. The number of piperazine rings is 1.